The molecule has 1 fully saturated rings. The fourth-order valence-electron chi connectivity index (χ4n) is 2.04. The molecule has 0 atom stereocenters. The SMILES string of the molecule is COc1cccc(CN(CCO)C2CC2)c1O. The van der Waals surface area contributed by atoms with E-state index in [4.69, 9.17) is 9.84 Å². The molecule has 1 aromatic carbocycles. The number of aromatic hydroxyl groups is 1. The van der Waals surface area contributed by atoms with Crippen LogP contribution in [0.25, 0.3) is 0 Å². The van der Waals surface area contributed by atoms with Crippen molar-refractivity contribution in [3.8, 4) is 11.5 Å². The van der Waals surface area contributed by atoms with Gasteiger partial charge in [-0.2, -0.15) is 0 Å². The molecule has 2 rings (SSSR count). The third-order valence-electron chi connectivity index (χ3n) is 3.13. The van der Waals surface area contributed by atoms with Crippen LogP contribution in [0.5, 0.6) is 11.5 Å². The van der Waals surface area contributed by atoms with Crippen LogP contribution in [0.1, 0.15) is 18.4 Å². The van der Waals surface area contributed by atoms with E-state index in [9.17, 15) is 5.11 Å². The van der Waals surface area contributed by atoms with E-state index in [1.165, 1.54) is 12.8 Å². The molecule has 0 spiro atoms. The highest BCUT2D eigenvalue weighted by Crippen LogP contribution is 2.33. The quantitative estimate of drug-likeness (QED) is 0.784. The highest BCUT2D eigenvalue weighted by Gasteiger charge is 2.29. The number of aliphatic hydroxyl groups is 1. The number of benzene rings is 1. The summed E-state index contributed by atoms with van der Waals surface area (Å²) in [6.45, 7) is 1.47. The Morgan fingerprint density at radius 1 is 1.41 bits per heavy atom. The van der Waals surface area contributed by atoms with Crippen molar-refractivity contribution in [3.05, 3.63) is 23.8 Å². The second-order valence-corrected chi connectivity index (χ2v) is 4.39. The van der Waals surface area contributed by atoms with Crippen LogP contribution in [0.4, 0.5) is 0 Å². The van der Waals surface area contributed by atoms with Gasteiger partial charge in [0.2, 0.25) is 0 Å². The third kappa shape index (κ3) is 2.90. The maximum atomic E-state index is 9.99. The summed E-state index contributed by atoms with van der Waals surface area (Å²) in [5.74, 6) is 0.709. The Balaban J connectivity index is 2.10. The van der Waals surface area contributed by atoms with Crippen LogP contribution >= 0.6 is 0 Å². The molecule has 1 aliphatic rings. The summed E-state index contributed by atoms with van der Waals surface area (Å²) >= 11 is 0. The average molecular weight is 237 g/mol. The smallest absolute Gasteiger partial charge is 0.162 e. The van der Waals surface area contributed by atoms with Gasteiger partial charge >= 0.3 is 0 Å². The Kier molecular flexibility index (Phi) is 3.86. The fraction of sp³-hybridized carbons (Fsp3) is 0.538. The molecular formula is C13H19NO3. The van der Waals surface area contributed by atoms with Crippen LogP contribution in [0.2, 0.25) is 0 Å². The van der Waals surface area contributed by atoms with Gasteiger partial charge < -0.3 is 14.9 Å². The lowest BCUT2D eigenvalue weighted by molar-refractivity contribution is 0.182. The van der Waals surface area contributed by atoms with Crippen molar-refractivity contribution in [1.29, 1.82) is 0 Å². The van der Waals surface area contributed by atoms with Gasteiger partial charge in [-0.1, -0.05) is 12.1 Å². The Morgan fingerprint density at radius 3 is 2.76 bits per heavy atom. The molecule has 17 heavy (non-hydrogen) atoms. The summed E-state index contributed by atoms with van der Waals surface area (Å²) in [6.07, 6.45) is 2.37. The summed E-state index contributed by atoms with van der Waals surface area (Å²) < 4.78 is 5.09. The van der Waals surface area contributed by atoms with Crippen LogP contribution in [0.15, 0.2) is 18.2 Å². The van der Waals surface area contributed by atoms with Gasteiger partial charge in [-0.05, 0) is 18.9 Å². The maximum Gasteiger partial charge on any atom is 0.162 e. The fourth-order valence-corrected chi connectivity index (χ4v) is 2.04. The lowest BCUT2D eigenvalue weighted by Crippen LogP contribution is -2.28. The zero-order chi connectivity index (χ0) is 12.3. The highest BCUT2D eigenvalue weighted by molar-refractivity contribution is 5.45. The molecule has 0 unspecified atom stereocenters. The molecule has 1 aliphatic carbocycles. The number of methoxy groups -OCH3 is 1. The van der Waals surface area contributed by atoms with Crippen LogP contribution in [0, 0.1) is 0 Å². The summed E-state index contributed by atoms with van der Waals surface area (Å²) in [5, 5.41) is 19.0. The summed E-state index contributed by atoms with van der Waals surface area (Å²) in [6, 6.07) is 6.07. The van der Waals surface area contributed by atoms with Gasteiger partial charge in [-0.15, -0.1) is 0 Å². The van der Waals surface area contributed by atoms with E-state index in [0.717, 1.165) is 5.56 Å². The first kappa shape index (κ1) is 12.2. The number of ether oxygens (including phenoxy) is 1. The Labute approximate surface area is 101 Å². The highest BCUT2D eigenvalue weighted by atomic mass is 16.5. The van der Waals surface area contributed by atoms with Crippen molar-refractivity contribution in [3.63, 3.8) is 0 Å². The number of hydrogen-bond acceptors (Lipinski definition) is 4. The number of para-hydroxylation sites is 1. The van der Waals surface area contributed by atoms with Crippen LogP contribution in [-0.4, -0.2) is 41.4 Å². The maximum absolute atomic E-state index is 9.99. The average Bonchev–Trinajstić information content (AvgIpc) is 3.15. The van der Waals surface area contributed by atoms with Crippen molar-refractivity contribution in [1.82, 2.24) is 4.90 Å². The predicted octanol–water partition coefficient (Wildman–Crippen LogP) is 1.36. The largest absolute Gasteiger partial charge is 0.504 e. The number of rotatable bonds is 6. The standard InChI is InChI=1S/C13H19NO3/c1-17-12-4-2-3-10(13(12)16)9-14(7-8-15)11-5-6-11/h2-4,11,15-16H,5-9H2,1H3. The first-order chi connectivity index (χ1) is 8.26. The van der Waals surface area contributed by atoms with Gasteiger partial charge in [0.05, 0.1) is 13.7 Å². The predicted molar refractivity (Wildman–Crippen MR) is 65.2 cm³/mol. The molecule has 0 aromatic heterocycles. The second-order valence-electron chi connectivity index (χ2n) is 4.39. The van der Waals surface area contributed by atoms with Crippen molar-refractivity contribution in [2.45, 2.75) is 25.4 Å². The van der Waals surface area contributed by atoms with Gasteiger partial charge in [0.1, 0.15) is 0 Å². The van der Waals surface area contributed by atoms with Crippen molar-refractivity contribution < 1.29 is 14.9 Å². The lowest BCUT2D eigenvalue weighted by atomic mass is 10.1. The van der Waals surface area contributed by atoms with Gasteiger partial charge in [-0.25, -0.2) is 0 Å². The zero-order valence-electron chi connectivity index (χ0n) is 10.1. The normalized spacial score (nSPS) is 15.2. The van der Waals surface area contributed by atoms with E-state index in [1.807, 2.05) is 12.1 Å². The molecule has 0 aliphatic heterocycles. The molecule has 1 saturated carbocycles. The third-order valence-corrected chi connectivity index (χ3v) is 3.13. The number of phenolic OH excluding ortho intramolecular Hbond substituents is 1. The summed E-state index contributed by atoms with van der Waals surface area (Å²) in [4.78, 5) is 2.20. The van der Waals surface area contributed by atoms with Crippen LogP contribution in [0.3, 0.4) is 0 Å². The molecule has 94 valence electrons. The van der Waals surface area contributed by atoms with E-state index < -0.39 is 0 Å². The lowest BCUT2D eigenvalue weighted by Gasteiger charge is -2.21. The number of nitrogens with zero attached hydrogens (tertiary/aromatic N) is 1. The van der Waals surface area contributed by atoms with E-state index in [1.54, 1.807) is 13.2 Å². The Bertz CT molecular complexity index is 377. The van der Waals surface area contributed by atoms with Gasteiger partial charge in [0.25, 0.3) is 0 Å². The van der Waals surface area contributed by atoms with Crippen LogP contribution < -0.4 is 4.74 Å². The number of phenols is 1. The molecule has 0 bridgehead atoms. The minimum atomic E-state index is 0.154. The van der Waals surface area contributed by atoms with Crippen molar-refractivity contribution in [2.24, 2.45) is 0 Å². The molecule has 4 heteroatoms. The van der Waals surface area contributed by atoms with Gasteiger partial charge in [0, 0.05) is 24.7 Å². The summed E-state index contributed by atoms with van der Waals surface area (Å²) in [5.41, 5.74) is 0.852. The molecule has 1 aromatic rings. The Morgan fingerprint density at radius 2 is 2.18 bits per heavy atom. The van der Waals surface area contributed by atoms with E-state index in [2.05, 4.69) is 4.90 Å². The number of hydrogen-bond donors (Lipinski definition) is 2. The molecule has 2 N–H and O–H groups in total. The first-order valence-corrected chi connectivity index (χ1v) is 5.96. The molecule has 0 amide bonds. The molecule has 0 radical (unpaired) electrons. The minimum Gasteiger partial charge on any atom is -0.504 e. The minimum absolute atomic E-state index is 0.154. The van der Waals surface area contributed by atoms with E-state index >= 15 is 0 Å². The molecule has 0 saturated heterocycles. The monoisotopic (exact) mass is 237 g/mol. The molecular weight excluding hydrogens is 218 g/mol. The number of aliphatic hydroxyl groups excluding tert-OH is 1. The topological polar surface area (TPSA) is 52.9 Å². The first-order valence-electron chi connectivity index (χ1n) is 5.96. The van der Waals surface area contributed by atoms with Crippen LogP contribution in [-0.2, 0) is 6.54 Å². The van der Waals surface area contributed by atoms with Gasteiger partial charge in [0.15, 0.2) is 11.5 Å². The van der Waals surface area contributed by atoms with Gasteiger partial charge in [-0.3, -0.25) is 4.90 Å². The second kappa shape index (κ2) is 5.38. The molecule has 4 nitrogen and oxygen atoms in total. The Hall–Kier alpha value is -1.26. The summed E-state index contributed by atoms with van der Waals surface area (Å²) in [7, 11) is 1.55. The zero-order valence-corrected chi connectivity index (χ0v) is 10.1. The van der Waals surface area contributed by atoms with E-state index in [0.29, 0.717) is 24.9 Å². The van der Waals surface area contributed by atoms with E-state index in [-0.39, 0.29) is 12.4 Å². The van der Waals surface area contributed by atoms with Crippen molar-refractivity contribution in [2.75, 3.05) is 20.3 Å². The van der Waals surface area contributed by atoms with Crippen molar-refractivity contribution >= 4 is 0 Å². The molecule has 0 heterocycles.